The second kappa shape index (κ2) is 3.93. The van der Waals surface area contributed by atoms with E-state index in [-0.39, 0.29) is 26.1 Å². The monoisotopic (exact) mass is 302 g/mol. The van der Waals surface area contributed by atoms with Crippen LogP contribution >= 0.6 is 34.8 Å². The van der Waals surface area contributed by atoms with Crippen LogP contribution in [0.4, 0.5) is 13.2 Å². The number of halogens is 6. The fraction of sp³-hybridized carbons (Fsp3) is 0.222. The van der Waals surface area contributed by atoms with Crippen molar-refractivity contribution in [3.8, 4) is 0 Å². The van der Waals surface area contributed by atoms with E-state index < -0.39 is 12.0 Å². The molecule has 17 heavy (non-hydrogen) atoms. The predicted octanol–water partition coefficient (Wildman–Crippen LogP) is 4.85. The van der Waals surface area contributed by atoms with E-state index >= 15 is 0 Å². The number of nitrogens with zero attached hydrogens (tertiary/aromatic N) is 1. The number of aromatic amines is 1. The minimum Gasteiger partial charge on any atom is -0.333 e. The molecule has 1 N–H and O–H groups in total. The van der Waals surface area contributed by atoms with Crippen LogP contribution < -0.4 is 0 Å². The van der Waals surface area contributed by atoms with Crippen LogP contribution in [-0.4, -0.2) is 9.97 Å². The van der Waals surface area contributed by atoms with Crippen molar-refractivity contribution < 1.29 is 13.2 Å². The molecule has 2 rings (SSSR count). The van der Waals surface area contributed by atoms with Gasteiger partial charge in [-0.2, -0.15) is 13.2 Å². The molecule has 0 atom stereocenters. The first kappa shape index (κ1) is 12.8. The molecule has 0 aliphatic rings. The highest BCUT2D eigenvalue weighted by Gasteiger charge is 2.35. The number of hydrogen-bond acceptors (Lipinski definition) is 1. The zero-order valence-electron chi connectivity index (χ0n) is 8.22. The summed E-state index contributed by atoms with van der Waals surface area (Å²) in [5, 5.41) is 0.0420. The molecular formula is C9H4Cl3F3N2. The molecule has 92 valence electrons. The van der Waals surface area contributed by atoms with Gasteiger partial charge in [-0.15, -0.1) is 0 Å². The van der Waals surface area contributed by atoms with Crippen molar-refractivity contribution in [1.82, 2.24) is 9.97 Å². The minimum atomic E-state index is -4.58. The molecule has 2 aromatic rings. The van der Waals surface area contributed by atoms with Gasteiger partial charge in [0.2, 0.25) is 5.82 Å². The summed E-state index contributed by atoms with van der Waals surface area (Å²) in [6, 6.07) is 0. The van der Waals surface area contributed by atoms with E-state index in [0.717, 1.165) is 0 Å². The molecule has 1 heterocycles. The normalized spacial score (nSPS) is 12.4. The number of imidazole rings is 1. The molecule has 2 nitrogen and oxygen atoms in total. The Hall–Kier alpha value is -0.650. The molecule has 8 heteroatoms. The first-order chi connectivity index (χ1) is 7.73. The standard InChI is InChI=1S/C9H4Cl3F3N2/c1-2-3(10)4(11)5(12)7-6(2)16-8(17-7)9(13,14)15/h1H3,(H,16,17). The Morgan fingerprint density at radius 3 is 2.18 bits per heavy atom. The van der Waals surface area contributed by atoms with Crippen molar-refractivity contribution in [2.24, 2.45) is 0 Å². The summed E-state index contributed by atoms with van der Waals surface area (Å²) in [6.45, 7) is 1.52. The van der Waals surface area contributed by atoms with E-state index in [2.05, 4.69) is 9.97 Å². The lowest BCUT2D eigenvalue weighted by molar-refractivity contribution is -0.144. The van der Waals surface area contributed by atoms with Gasteiger partial charge in [0, 0.05) is 0 Å². The van der Waals surface area contributed by atoms with Crippen molar-refractivity contribution in [1.29, 1.82) is 0 Å². The third kappa shape index (κ3) is 1.96. The van der Waals surface area contributed by atoms with Crippen LogP contribution in [0.3, 0.4) is 0 Å². The lowest BCUT2D eigenvalue weighted by atomic mass is 10.2. The Balaban J connectivity index is 2.86. The second-order valence-electron chi connectivity index (χ2n) is 3.37. The van der Waals surface area contributed by atoms with E-state index in [9.17, 15) is 13.2 Å². The number of alkyl halides is 3. The molecule has 0 amide bonds. The van der Waals surface area contributed by atoms with Gasteiger partial charge in [0.25, 0.3) is 0 Å². The molecule has 0 aliphatic heterocycles. The lowest BCUT2D eigenvalue weighted by Crippen LogP contribution is -2.06. The Morgan fingerprint density at radius 1 is 1.06 bits per heavy atom. The summed E-state index contributed by atoms with van der Waals surface area (Å²) in [5.41, 5.74) is 0.449. The second-order valence-corrected chi connectivity index (χ2v) is 4.51. The average molecular weight is 303 g/mol. The molecule has 0 radical (unpaired) electrons. The van der Waals surface area contributed by atoms with Crippen LogP contribution in [0.1, 0.15) is 11.4 Å². The first-order valence-electron chi connectivity index (χ1n) is 4.33. The molecule has 0 bridgehead atoms. The van der Waals surface area contributed by atoms with Gasteiger partial charge in [0.15, 0.2) is 0 Å². The number of benzene rings is 1. The van der Waals surface area contributed by atoms with E-state index in [1.54, 1.807) is 0 Å². The van der Waals surface area contributed by atoms with Crippen molar-refractivity contribution in [2.75, 3.05) is 0 Å². The van der Waals surface area contributed by atoms with Crippen LogP contribution in [0, 0.1) is 6.92 Å². The minimum absolute atomic E-state index is 0.00991. The molecule has 1 aromatic heterocycles. The van der Waals surface area contributed by atoms with Gasteiger partial charge in [0.05, 0.1) is 26.1 Å². The number of aromatic nitrogens is 2. The first-order valence-corrected chi connectivity index (χ1v) is 5.47. The smallest absolute Gasteiger partial charge is 0.333 e. The number of aryl methyl sites for hydroxylation is 1. The van der Waals surface area contributed by atoms with E-state index in [1.807, 2.05) is 0 Å². The lowest BCUT2D eigenvalue weighted by Gasteiger charge is -2.03. The topological polar surface area (TPSA) is 28.7 Å². The molecular weight excluding hydrogens is 299 g/mol. The van der Waals surface area contributed by atoms with Crippen LogP contribution in [0.15, 0.2) is 0 Å². The van der Waals surface area contributed by atoms with Crippen LogP contribution in [-0.2, 0) is 6.18 Å². The molecule has 0 unspecified atom stereocenters. The van der Waals surface area contributed by atoms with Crippen molar-refractivity contribution >= 4 is 45.8 Å². The molecule has 1 aromatic carbocycles. The molecule has 0 saturated carbocycles. The van der Waals surface area contributed by atoms with Crippen molar-refractivity contribution in [3.63, 3.8) is 0 Å². The number of nitrogens with one attached hydrogen (secondary N) is 1. The number of rotatable bonds is 0. The quantitative estimate of drug-likeness (QED) is 0.692. The van der Waals surface area contributed by atoms with Gasteiger partial charge in [0.1, 0.15) is 0 Å². The summed E-state index contributed by atoms with van der Waals surface area (Å²) in [5.74, 6) is -1.13. The highest BCUT2D eigenvalue weighted by atomic mass is 35.5. The Morgan fingerprint density at radius 2 is 1.65 bits per heavy atom. The van der Waals surface area contributed by atoms with E-state index in [1.165, 1.54) is 6.92 Å². The molecule has 0 spiro atoms. The largest absolute Gasteiger partial charge is 0.449 e. The highest BCUT2D eigenvalue weighted by molar-refractivity contribution is 6.50. The fourth-order valence-electron chi connectivity index (χ4n) is 1.41. The summed E-state index contributed by atoms with van der Waals surface area (Å²) in [4.78, 5) is 5.54. The molecule has 0 fully saturated rings. The average Bonchev–Trinajstić information content (AvgIpc) is 2.67. The van der Waals surface area contributed by atoms with Crippen molar-refractivity contribution in [3.05, 3.63) is 26.5 Å². The summed E-state index contributed by atoms with van der Waals surface area (Å²) >= 11 is 17.4. The maximum atomic E-state index is 12.5. The SMILES string of the molecule is Cc1c(Cl)c(Cl)c(Cl)c2[nH]c(C(F)(F)F)nc12. The van der Waals surface area contributed by atoms with Gasteiger partial charge in [-0.1, -0.05) is 34.8 Å². The Kier molecular flexibility index (Phi) is 2.96. The predicted molar refractivity (Wildman–Crippen MR) is 60.9 cm³/mol. The Bertz CT molecular complexity index is 559. The van der Waals surface area contributed by atoms with Gasteiger partial charge in [-0.3, -0.25) is 0 Å². The highest BCUT2D eigenvalue weighted by Crippen LogP contribution is 2.40. The van der Waals surface area contributed by atoms with E-state index in [4.69, 9.17) is 34.8 Å². The Labute approximate surface area is 109 Å². The molecule has 0 aliphatic carbocycles. The van der Waals surface area contributed by atoms with E-state index in [0.29, 0.717) is 5.56 Å². The number of fused-ring (bicyclic) bond motifs is 1. The van der Waals surface area contributed by atoms with Crippen LogP contribution in [0.5, 0.6) is 0 Å². The third-order valence-corrected chi connectivity index (χ3v) is 3.68. The maximum absolute atomic E-state index is 12.5. The number of hydrogen-bond donors (Lipinski definition) is 1. The zero-order valence-corrected chi connectivity index (χ0v) is 10.5. The third-order valence-electron chi connectivity index (χ3n) is 2.26. The van der Waals surface area contributed by atoms with Crippen LogP contribution in [0.25, 0.3) is 11.0 Å². The summed E-state index contributed by atoms with van der Waals surface area (Å²) in [6.07, 6.45) is -4.58. The zero-order chi connectivity index (χ0) is 13.0. The fourth-order valence-corrected chi connectivity index (χ4v) is 2.11. The maximum Gasteiger partial charge on any atom is 0.449 e. The van der Waals surface area contributed by atoms with Crippen molar-refractivity contribution in [2.45, 2.75) is 13.1 Å². The van der Waals surface area contributed by atoms with Gasteiger partial charge >= 0.3 is 6.18 Å². The number of H-pyrrole nitrogens is 1. The summed E-state index contributed by atoms with van der Waals surface area (Å²) in [7, 11) is 0. The summed E-state index contributed by atoms with van der Waals surface area (Å²) < 4.78 is 37.5. The van der Waals surface area contributed by atoms with Gasteiger partial charge < -0.3 is 4.98 Å². The van der Waals surface area contributed by atoms with Gasteiger partial charge in [-0.05, 0) is 12.5 Å². The van der Waals surface area contributed by atoms with Crippen LogP contribution in [0.2, 0.25) is 15.1 Å². The molecule has 0 saturated heterocycles. The van der Waals surface area contributed by atoms with Gasteiger partial charge in [-0.25, -0.2) is 4.98 Å².